The number of benzene rings is 2. The van der Waals surface area contributed by atoms with Gasteiger partial charge in [-0.1, -0.05) is 68.5 Å². The topological polar surface area (TPSA) is 209 Å². The van der Waals surface area contributed by atoms with E-state index in [1.807, 2.05) is 0 Å². The van der Waals surface area contributed by atoms with E-state index >= 15 is 4.79 Å². The van der Waals surface area contributed by atoms with Crippen LogP contribution < -0.4 is 0 Å². The monoisotopic (exact) mass is 830 g/mol. The van der Waals surface area contributed by atoms with Crippen molar-refractivity contribution in [2.75, 3.05) is 6.61 Å². The van der Waals surface area contributed by atoms with Gasteiger partial charge in [0.1, 0.15) is 23.9 Å². The largest absolute Gasteiger partial charge is 0.456 e. The van der Waals surface area contributed by atoms with Gasteiger partial charge in [0, 0.05) is 44.4 Å². The van der Waals surface area contributed by atoms with Gasteiger partial charge < -0.3 is 39.0 Å². The van der Waals surface area contributed by atoms with E-state index in [2.05, 4.69) is 0 Å². The second kappa shape index (κ2) is 16.4. The fourth-order valence-corrected chi connectivity index (χ4v) is 10.0. The molecule has 2 aromatic carbocycles. The Bertz CT molecular complexity index is 2110. The Hall–Kier alpha value is -5.02. The van der Waals surface area contributed by atoms with Gasteiger partial charge in [0.15, 0.2) is 29.4 Å². The Balaban J connectivity index is 1.56. The van der Waals surface area contributed by atoms with E-state index < -0.39 is 107 Å². The van der Waals surface area contributed by atoms with Crippen molar-refractivity contribution in [1.82, 2.24) is 0 Å². The summed E-state index contributed by atoms with van der Waals surface area (Å²) in [6.45, 7) is 11.4. The Kier molecular flexibility index (Phi) is 12.2. The molecule has 0 spiro atoms. The number of allylic oxidation sites excluding steroid dienone is 2. The van der Waals surface area contributed by atoms with Crippen molar-refractivity contribution in [2.24, 2.45) is 16.7 Å². The summed E-state index contributed by atoms with van der Waals surface area (Å²) >= 11 is 0. The number of rotatable bonds is 11. The van der Waals surface area contributed by atoms with Crippen LogP contribution in [0.5, 0.6) is 0 Å². The molecule has 6 rings (SSSR count). The molecule has 2 bridgehead atoms. The molecule has 2 saturated carbocycles. The highest BCUT2D eigenvalue weighted by Crippen LogP contribution is 2.64. The van der Waals surface area contributed by atoms with Crippen molar-refractivity contribution in [1.29, 1.82) is 0 Å². The minimum Gasteiger partial charge on any atom is -0.456 e. The Morgan fingerprint density at radius 3 is 2.08 bits per heavy atom. The van der Waals surface area contributed by atoms with Crippen molar-refractivity contribution in [2.45, 2.75) is 128 Å². The summed E-state index contributed by atoms with van der Waals surface area (Å²) in [7, 11) is 0. The number of ether oxygens (including phenoxy) is 5. The summed E-state index contributed by atoms with van der Waals surface area (Å²) in [5.74, 6) is -7.48. The summed E-state index contributed by atoms with van der Waals surface area (Å²) < 4.78 is 30.3. The van der Waals surface area contributed by atoms with Crippen molar-refractivity contribution in [3.05, 3.63) is 94.6 Å². The normalized spacial score (nSPS) is 33.0. The summed E-state index contributed by atoms with van der Waals surface area (Å²) in [5, 5.41) is 37.4. The first-order valence-corrected chi connectivity index (χ1v) is 20.2. The van der Waals surface area contributed by atoms with Crippen molar-refractivity contribution in [3.63, 3.8) is 0 Å². The Labute approximate surface area is 348 Å². The van der Waals surface area contributed by atoms with Gasteiger partial charge in [0.25, 0.3) is 0 Å². The summed E-state index contributed by atoms with van der Waals surface area (Å²) in [5.41, 5.74) is -6.60. The lowest BCUT2D eigenvalue weighted by molar-refractivity contribution is -0.346. The number of aliphatic hydroxyl groups excluding tert-OH is 2. The molecule has 0 aromatic heterocycles. The average Bonchev–Trinajstić information content (AvgIpc) is 3.20. The van der Waals surface area contributed by atoms with Gasteiger partial charge in [0.2, 0.25) is 0 Å². The third-order valence-corrected chi connectivity index (χ3v) is 13.6. The van der Waals surface area contributed by atoms with E-state index in [-0.39, 0.29) is 41.9 Å². The van der Waals surface area contributed by atoms with Crippen LogP contribution in [0.3, 0.4) is 0 Å². The predicted octanol–water partition coefficient (Wildman–Crippen LogP) is 4.27. The number of Topliss-reactive ketones (excluding diaryl/α,β-unsaturated/α-hetero) is 2. The third kappa shape index (κ3) is 7.31. The molecule has 3 aliphatic carbocycles. The average molecular weight is 831 g/mol. The zero-order chi connectivity index (χ0) is 44.1. The van der Waals surface area contributed by atoms with Crippen LogP contribution in [0.4, 0.5) is 0 Å². The molecule has 3 N–H and O–H groups in total. The van der Waals surface area contributed by atoms with Gasteiger partial charge >= 0.3 is 23.9 Å². The SMILES string of the molecule is C/C=C(\C)C(=O)C[C@@H](c1ccccc1)[C@@H](O)C(=O)O[C@H]1C[C@@]2(O)[C@@H](OC(=O)c3ccccc3)[C@@H]3[C@]4(OC(C)=O)CO[C@@H]4C[C@H](O)[C@@]3(C)C(=O)[C@H](OC(C)=O)C(=C1C)C2(C)C. The second-order valence-corrected chi connectivity index (χ2v) is 17.2. The fraction of sp³-hybridized carbons (Fsp3) is 0.522. The molecule has 3 fully saturated rings. The lowest BCUT2D eigenvalue weighted by Gasteiger charge is -2.67. The quantitative estimate of drug-likeness (QED) is 0.125. The number of carbonyl (C=O) groups excluding carboxylic acids is 6. The van der Waals surface area contributed by atoms with Gasteiger partial charge in [-0.05, 0) is 62.1 Å². The molecule has 14 nitrogen and oxygen atoms in total. The minimum atomic E-state index is -2.37. The number of aliphatic hydroxyl groups is 3. The van der Waals surface area contributed by atoms with Crippen LogP contribution in [-0.2, 0) is 47.7 Å². The Morgan fingerprint density at radius 2 is 1.53 bits per heavy atom. The number of carbonyl (C=O) groups is 6. The van der Waals surface area contributed by atoms with Crippen LogP contribution in [-0.4, -0.2) is 105 Å². The van der Waals surface area contributed by atoms with Crippen molar-refractivity contribution >= 4 is 35.4 Å². The van der Waals surface area contributed by atoms with Gasteiger partial charge in [-0.3, -0.25) is 19.2 Å². The molecule has 4 aliphatic rings. The standard InChI is InChI=1S/C46H54O14/c1-9-24(2)31(49)20-30(28-16-12-10-13-17-28)36(51)42(54)58-32-22-46(55)40(59-41(53)29-18-14-11-15-19-29)38-44(8,33(50)21-34-45(38,23-56-34)60-27(5)48)39(52)37(57-26(4)47)35(25(32)3)43(46,6)7/h9-19,30,32-34,36-38,40,50-51,55H,20-23H2,1-8H3/b24-9+/t30-,32-,33-,34+,36+,37+,38-,40-,44+,45-,46+/m0/s1. The van der Waals surface area contributed by atoms with E-state index in [0.717, 1.165) is 13.8 Å². The zero-order valence-electron chi connectivity index (χ0n) is 35.1. The van der Waals surface area contributed by atoms with Crippen LogP contribution in [0.25, 0.3) is 0 Å². The first kappa shape index (κ1) is 44.5. The van der Waals surface area contributed by atoms with Gasteiger partial charge in [0.05, 0.1) is 29.6 Å². The van der Waals surface area contributed by atoms with Gasteiger partial charge in [-0.2, -0.15) is 0 Å². The molecule has 1 heterocycles. The van der Waals surface area contributed by atoms with Crippen LogP contribution in [0.2, 0.25) is 0 Å². The maximum atomic E-state index is 15.5. The van der Waals surface area contributed by atoms with Crippen LogP contribution in [0, 0.1) is 16.7 Å². The van der Waals surface area contributed by atoms with Gasteiger partial charge in [-0.25, -0.2) is 9.59 Å². The van der Waals surface area contributed by atoms with E-state index in [1.54, 1.807) is 82.3 Å². The number of hydrogen-bond donors (Lipinski definition) is 3. The molecule has 0 amide bonds. The van der Waals surface area contributed by atoms with E-state index in [4.69, 9.17) is 23.7 Å². The molecule has 0 radical (unpaired) electrons. The predicted molar refractivity (Wildman–Crippen MR) is 213 cm³/mol. The van der Waals surface area contributed by atoms with E-state index in [9.17, 15) is 39.3 Å². The molecule has 322 valence electrons. The molecule has 1 saturated heterocycles. The number of fused-ring (bicyclic) bond motifs is 5. The van der Waals surface area contributed by atoms with Crippen molar-refractivity contribution in [3.8, 4) is 0 Å². The smallest absolute Gasteiger partial charge is 0.338 e. The molecule has 60 heavy (non-hydrogen) atoms. The highest BCUT2D eigenvalue weighted by molar-refractivity contribution is 5.96. The summed E-state index contributed by atoms with van der Waals surface area (Å²) in [6, 6.07) is 16.4. The highest BCUT2D eigenvalue weighted by atomic mass is 16.6. The zero-order valence-corrected chi connectivity index (χ0v) is 35.1. The summed E-state index contributed by atoms with van der Waals surface area (Å²) in [4.78, 5) is 83.0. The number of esters is 4. The first-order valence-electron chi connectivity index (χ1n) is 20.2. The van der Waals surface area contributed by atoms with Crippen molar-refractivity contribution < 1.29 is 67.8 Å². The lowest BCUT2D eigenvalue weighted by atomic mass is 9.44. The number of hydrogen-bond acceptors (Lipinski definition) is 14. The molecule has 2 aromatic rings. The molecule has 11 atom stereocenters. The maximum absolute atomic E-state index is 15.5. The second-order valence-electron chi connectivity index (χ2n) is 17.2. The lowest BCUT2D eigenvalue weighted by Crippen LogP contribution is -2.82. The minimum absolute atomic E-state index is 0.0170. The molecule has 1 aliphatic heterocycles. The van der Waals surface area contributed by atoms with Crippen LogP contribution in [0.1, 0.15) is 96.5 Å². The Morgan fingerprint density at radius 1 is 0.917 bits per heavy atom. The highest BCUT2D eigenvalue weighted by Gasteiger charge is 2.78. The third-order valence-electron chi connectivity index (χ3n) is 13.6. The molecular weight excluding hydrogens is 776 g/mol. The van der Waals surface area contributed by atoms with Gasteiger partial charge in [-0.15, -0.1) is 0 Å². The molecular formula is C46H54O14. The van der Waals surface area contributed by atoms with E-state index in [1.165, 1.54) is 26.0 Å². The first-order chi connectivity index (χ1) is 28.1. The number of ketones is 2. The van der Waals surface area contributed by atoms with Crippen LogP contribution in [0.15, 0.2) is 83.5 Å². The molecule has 14 heteroatoms. The van der Waals surface area contributed by atoms with Crippen LogP contribution >= 0.6 is 0 Å². The maximum Gasteiger partial charge on any atom is 0.338 e. The molecule has 0 unspecified atom stereocenters. The summed E-state index contributed by atoms with van der Waals surface area (Å²) in [6.07, 6.45) is -8.86. The van der Waals surface area contributed by atoms with E-state index in [0.29, 0.717) is 11.1 Å². The fourth-order valence-electron chi connectivity index (χ4n) is 10.0.